The van der Waals surface area contributed by atoms with E-state index in [1.807, 2.05) is 26.8 Å². The molecule has 2 aromatic carbocycles. The molecule has 0 aliphatic carbocycles. The van der Waals surface area contributed by atoms with Crippen molar-refractivity contribution in [3.63, 3.8) is 0 Å². The van der Waals surface area contributed by atoms with Crippen molar-refractivity contribution in [1.82, 2.24) is 5.32 Å². The quantitative estimate of drug-likeness (QED) is 0.615. The first-order valence-electron chi connectivity index (χ1n) is 8.54. The van der Waals surface area contributed by atoms with Crippen LogP contribution in [-0.4, -0.2) is 29.9 Å². The molecule has 138 valence electrons. The smallest absolute Gasteiger partial charge is 0.216 e. The maximum absolute atomic E-state index is 12.7. The topological polar surface area (TPSA) is 75.6 Å². The third-order valence-electron chi connectivity index (χ3n) is 3.92. The second-order valence-corrected chi connectivity index (χ2v) is 7.14. The summed E-state index contributed by atoms with van der Waals surface area (Å²) in [5, 5.41) is 13.0. The Kier molecular flexibility index (Phi) is 6.03. The molecule has 26 heavy (non-hydrogen) atoms. The lowest BCUT2D eigenvalue weighted by Crippen LogP contribution is -2.26. The van der Waals surface area contributed by atoms with Gasteiger partial charge in [-0.25, -0.2) is 0 Å². The van der Waals surface area contributed by atoms with Crippen molar-refractivity contribution >= 4 is 11.7 Å². The van der Waals surface area contributed by atoms with Crippen molar-refractivity contribution in [3.8, 4) is 11.5 Å². The minimum atomic E-state index is -0.289. The number of nitrogens with one attached hydrogen (secondary N) is 1. The zero-order valence-corrected chi connectivity index (χ0v) is 15.6. The molecule has 1 amide bonds. The van der Waals surface area contributed by atoms with Crippen molar-refractivity contribution in [3.05, 3.63) is 59.2 Å². The van der Waals surface area contributed by atoms with Crippen molar-refractivity contribution in [1.29, 1.82) is 0 Å². The van der Waals surface area contributed by atoms with E-state index in [0.717, 1.165) is 5.56 Å². The number of ketones is 1. The minimum Gasteiger partial charge on any atom is -0.507 e. The molecule has 0 aliphatic rings. The van der Waals surface area contributed by atoms with Gasteiger partial charge in [-0.3, -0.25) is 9.59 Å². The molecule has 0 spiro atoms. The highest BCUT2D eigenvalue weighted by Crippen LogP contribution is 2.37. The number of rotatable bonds is 6. The fourth-order valence-corrected chi connectivity index (χ4v) is 2.59. The molecule has 0 aliphatic heterocycles. The number of hydrogen-bond acceptors (Lipinski definition) is 4. The van der Waals surface area contributed by atoms with E-state index in [4.69, 9.17) is 4.74 Å². The van der Waals surface area contributed by atoms with Gasteiger partial charge in [0, 0.05) is 24.1 Å². The van der Waals surface area contributed by atoms with Gasteiger partial charge in [0.05, 0.1) is 12.1 Å². The number of phenolic OH excluding ortho intramolecular Hbond substituents is 1. The molecule has 0 atom stereocenters. The minimum absolute atomic E-state index is 0.124. The predicted molar refractivity (Wildman–Crippen MR) is 101 cm³/mol. The van der Waals surface area contributed by atoms with Gasteiger partial charge in [-0.15, -0.1) is 0 Å². The maximum atomic E-state index is 12.7. The molecule has 0 radical (unpaired) electrons. The second kappa shape index (κ2) is 8.04. The first-order valence-corrected chi connectivity index (χ1v) is 8.54. The molecular weight excluding hydrogens is 330 g/mol. The van der Waals surface area contributed by atoms with Crippen LogP contribution in [0.2, 0.25) is 0 Å². The molecule has 0 saturated carbocycles. The third kappa shape index (κ3) is 4.85. The van der Waals surface area contributed by atoms with Gasteiger partial charge >= 0.3 is 0 Å². The van der Waals surface area contributed by atoms with Crippen LogP contribution in [0.5, 0.6) is 11.5 Å². The highest BCUT2D eigenvalue weighted by Gasteiger charge is 2.24. The van der Waals surface area contributed by atoms with Crippen molar-refractivity contribution < 1.29 is 19.4 Å². The average Bonchev–Trinajstić information content (AvgIpc) is 2.57. The van der Waals surface area contributed by atoms with Crippen molar-refractivity contribution in [2.45, 2.75) is 33.1 Å². The largest absolute Gasteiger partial charge is 0.507 e. The normalized spacial score (nSPS) is 11.1. The maximum Gasteiger partial charge on any atom is 0.216 e. The lowest BCUT2D eigenvalue weighted by atomic mass is 9.84. The van der Waals surface area contributed by atoms with Crippen LogP contribution in [0.15, 0.2) is 42.5 Å². The lowest BCUT2D eigenvalue weighted by Gasteiger charge is -2.24. The number of carbonyl (C=O) groups is 2. The van der Waals surface area contributed by atoms with Gasteiger partial charge in [0.1, 0.15) is 18.1 Å². The summed E-state index contributed by atoms with van der Waals surface area (Å²) in [5.41, 5.74) is 1.29. The number of hydrogen-bond donors (Lipinski definition) is 2. The molecule has 5 heteroatoms. The van der Waals surface area contributed by atoms with E-state index in [1.54, 1.807) is 30.3 Å². The summed E-state index contributed by atoms with van der Waals surface area (Å²) < 4.78 is 5.75. The SMILES string of the molecule is CC(=O)NCCOc1cc(O)c(C(=O)c2ccccc2)cc1C(C)(C)C. The average molecular weight is 355 g/mol. The molecule has 0 unspecified atom stereocenters. The number of benzene rings is 2. The predicted octanol–water partition coefficient (Wildman–Crippen LogP) is 3.44. The van der Waals surface area contributed by atoms with E-state index in [1.165, 1.54) is 13.0 Å². The fraction of sp³-hybridized carbons (Fsp3) is 0.333. The van der Waals surface area contributed by atoms with E-state index in [2.05, 4.69) is 5.32 Å². The first kappa shape index (κ1) is 19.5. The molecule has 0 heterocycles. The van der Waals surface area contributed by atoms with Gasteiger partial charge in [0.25, 0.3) is 0 Å². The zero-order chi connectivity index (χ0) is 19.3. The molecule has 0 aromatic heterocycles. The van der Waals surface area contributed by atoms with Crippen molar-refractivity contribution in [2.75, 3.05) is 13.2 Å². The van der Waals surface area contributed by atoms with Crippen LogP contribution in [-0.2, 0) is 10.2 Å². The summed E-state index contributed by atoms with van der Waals surface area (Å²) in [6.07, 6.45) is 0. The second-order valence-electron chi connectivity index (χ2n) is 7.14. The number of amides is 1. The van der Waals surface area contributed by atoms with E-state index in [9.17, 15) is 14.7 Å². The zero-order valence-electron chi connectivity index (χ0n) is 15.6. The third-order valence-corrected chi connectivity index (χ3v) is 3.92. The van der Waals surface area contributed by atoms with Crippen LogP contribution in [0.25, 0.3) is 0 Å². The van der Waals surface area contributed by atoms with Crippen LogP contribution in [0, 0.1) is 0 Å². The first-order chi connectivity index (χ1) is 12.2. The van der Waals surface area contributed by atoms with E-state index >= 15 is 0 Å². The summed E-state index contributed by atoms with van der Waals surface area (Å²) in [7, 11) is 0. The summed E-state index contributed by atoms with van der Waals surface area (Å²) in [5.74, 6) is 0.0149. The monoisotopic (exact) mass is 355 g/mol. The summed E-state index contributed by atoms with van der Waals surface area (Å²) in [4.78, 5) is 23.7. The Morgan fingerprint density at radius 1 is 1.12 bits per heavy atom. The van der Waals surface area contributed by atoms with E-state index in [-0.39, 0.29) is 35.0 Å². The van der Waals surface area contributed by atoms with Crippen molar-refractivity contribution in [2.24, 2.45) is 0 Å². The number of phenols is 1. The number of ether oxygens (including phenoxy) is 1. The highest BCUT2D eigenvalue weighted by atomic mass is 16.5. The van der Waals surface area contributed by atoms with Crippen LogP contribution >= 0.6 is 0 Å². The molecule has 2 N–H and O–H groups in total. The van der Waals surface area contributed by atoms with Gasteiger partial charge in [-0.05, 0) is 11.5 Å². The highest BCUT2D eigenvalue weighted by molar-refractivity contribution is 6.10. The molecule has 0 bridgehead atoms. The van der Waals surface area contributed by atoms with Gasteiger partial charge in [0.2, 0.25) is 5.91 Å². The Bertz CT molecular complexity index is 792. The Balaban J connectivity index is 2.35. The van der Waals surface area contributed by atoms with Crippen LogP contribution < -0.4 is 10.1 Å². The lowest BCUT2D eigenvalue weighted by molar-refractivity contribution is -0.119. The van der Waals surface area contributed by atoms with Crippen LogP contribution in [0.1, 0.15) is 49.2 Å². The molecule has 0 saturated heterocycles. The summed E-state index contributed by atoms with van der Waals surface area (Å²) in [6, 6.07) is 12.0. The van der Waals surface area contributed by atoms with Gasteiger partial charge < -0.3 is 15.2 Å². The van der Waals surface area contributed by atoms with Crippen LogP contribution in [0.4, 0.5) is 0 Å². The Labute approximate surface area is 154 Å². The molecule has 0 fully saturated rings. The van der Waals surface area contributed by atoms with E-state index in [0.29, 0.717) is 17.9 Å². The Morgan fingerprint density at radius 3 is 2.35 bits per heavy atom. The number of carbonyl (C=O) groups excluding carboxylic acids is 2. The molecule has 2 aromatic rings. The molecular formula is C21H25NO4. The standard InChI is InChI=1S/C21H25NO4/c1-14(23)22-10-11-26-19-13-18(24)16(12-17(19)21(2,3)4)20(25)15-8-6-5-7-9-15/h5-9,12-13,24H,10-11H2,1-4H3,(H,22,23). The summed E-state index contributed by atoms with van der Waals surface area (Å²) in [6.45, 7) is 8.11. The fourth-order valence-electron chi connectivity index (χ4n) is 2.59. The van der Waals surface area contributed by atoms with Gasteiger partial charge in [-0.2, -0.15) is 0 Å². The van der Waals surface area contributed by atoms with Gasteiger partial charge in [0.15, 0.2) is 5.78 Å². The van der Waals surface area contributed by atoms with E-state index < -0.39 is 0 Å². The van der Waals surface area contributed by atoms with Crippen LogP contribution in [0.3, 0.4) is 0 Å². The number of aromatic hydroxyl groups is 1. The summed E-state index contributed by atoms with van der Waals surface area (Å²) >= 11 is 0. The molecule has 2 rings (SSSR count). The molecule has 5 nitrogen and oxygen atoms in total. The Hall–Kier alpha value is -2.82. The Morgan fingerprint density at radius 2 is 1.77 bits per heavy atom. The van der Waals surface area contributed by atoms with Gasteiger partial charge in [-0.1, -0.05) is 51.1 Å².